The van der Waals surface area contributed by atoms with Gasteiger partial charge in [-0.2, -0.15) is 5.26 Å². The van der Waals surface area contributed by atoms with Crippen LogP contribution in [0.2, 0.25) is 0 Å². The number of nitrogens with one attached hydrogen (secondary N) is 1. The molecule has 0 bridgehead atoms. The number of carboxylic acid groups (broad SMARTS) is 1. The Bertz CT molecular complexity index is 1510. The first-order valence-electron chi connectivity index (χ1n) is 11.4. The molecule has 2 aromatic carbocycles. The molecule has 1 atom stereocenters. The summed E-state index contributed by atoms with van der Waals surface area (Å²) in [6.45, 7) is 7.28. The molecule has 35 heavy (non-hydrogen) atoms. The maximum atomic E-state index is 11.7. The predicted molar refractivity (Wildman–Crippen MR) is 136 cm³/mol. The third-order valence-corrected chi connectivity index (χ3v) is 7.23. The average molecular weight is 485 g/mol. The zero-order valence-corrected chi connectivity index (χ0v) is 20.5. The summed E-state index contributed by atoms with van der Waals surface area (Å²) >= 11 is 1.72. The molecule has 3 heterocycles. The summed E-state index contributed by atoms with van der Waals surface area (Å²) in [6.07, 6.45) is 0.857. The first kappa shape index (κ1) is 22.7. The van der Waals surface area contributed by atoms with Gasteiger partial charge in [0.2, 0.25) is 0 Å². The quantitative estimate of drug-likeness (QED) is 0.406. The van der Waals surface area contributed by atoms with Crippen LogP contribution in [-0.4, -0.2) is 32.6 Å². The number of para-hydroxylation sites is 1. The zero-order chi connectivity index (χ0) is 24.7. The summed E-state index contributed by atoms with van der Waals surface area (Å²) in [4.78, 5) is 29.4. The van der Waals surface area contributed by atoms with Gasteiger partial charge in [0.1, 0.15) is 6.07 Å². The van der Waals surface area contributed by atoms with Crippen LogP contribution in [0.1, 0.15) is 55.7 Å². The smallest absolute Gasteiger partial charge is 0.337 e. The SMILES string of the molecule is Cc1cc([C@@H](C)Nc2ccccc2C(=O)O)c2nc(N3CCc4sc(C)nc4C3)c(C#N)nc2c1. The van der Waals surface area contributed by atoms with Crippen molar-refractivity contribution >= 4 is 39.8 Å². The lowest BCUT2D eigenvalue weighted by Crippen LogP contribution is -2.31. The van der Waals surface area contributed by atoms with Crippen LogP contribution in [0.25, 0.3) is 11.0 Å². The van der Waals surface area contributed by atoms with E-state index in [1.54, 1.807) is 35.6 Å². The molecule has 1 aliphatic heterocycles. The standard InChI is InChI=1S/C26H24N6O2S/c1-14-10-18(15(2)28-19-7-5-4-6-17(19)26(33)34)24-20(11-14)30-21(12-27)25(31-24)32-9-8-23-22(13-32)29-16(3)35-23/h4-7,10-11,15,28H,8-9,13H2,1-3H3,(H,33,34)/t15-/m1/s1. The average Bonchev–Trinajstić information content (AvgIpc) is 3.22. The molecule has 2 aromatic heterocycles. The van der Waals surface area contributed by atoms with Crippen molar-refractivity contribution in [3.8, 4) is 6.07 Å². The van der Waals surface area contributed by atoms with Gasteiger partial charge >= 0.3 is 5.97 Å². The zero-order valence-electron chi connectivity index (χ0n) is 19.7. The van der Waals surface area contributed by atoms with Gasteiger partial charge in [-0.1, -0.05) is 18.2 Å². The van der Waals surface area contributed by atoms with Gasteiger partial charge in [-0.3, -0.25) is 0 Å². The van der Waals surface area contributed by atoms with Crippen LogP contribution in [0.15, 0.2) is 36.4 Å². The molecule has 8 nitrogen and oxygen atoms in total. The summed E-state index contributed by atoms with van der Waals surface area (Å²) in [5.74, 6) is -0.434. The van der Waals surface area contributed by atoms with E-state index in [0.29, 0.717) is 34.8 Å². The van der Waals surface area contributed by atoms with E-state index in [1.165, 1.54) is 4.88 Å². The topological polar surface area (TPSA) is 115 Å². The van der Waals surface area contributed by atoms with Gasteiger partial charge in [0.05, 0.1) is 39.9 Å². The van der Waals surface area contributed by atoms with Crippen molar-refractivity contribution in [2.75, 3.05) is 16.8 Å². The van der Waals surface area contributed by atoms with Crippen molar-refractivity contribution in [2.24, 2.45) is 0 Å². The molecule has 1 aliphatic rings. The summed E-state index contributed by atoms with van der Waals surface area (Å²) in [7, 11) is 0. The Hall–Kier alpha value is -4.03. The van der Waals surface area contributed by atoms with Crippen molar-refractivity contribution in [3.05, 3.63) is 74.4 Å². The van der Waals surface area contributed by atoms with Gasteiger partial charge in [-0.25, -0.2) is 19.7 Å². The van der Waals surface area contributed by atoms with Crippen molar-refractivity contribution in [3.63, 3.8) is 0 Å². The Morgan fingerprint density at radius 1 is 1.23 bits per heavy atom. The Kier molecular flexibility index (Phi) is 5.83. The van der Waals surface area contributed by atoms with Crippen LogP contribution in [0.3, 0.4) is 0 Å². The highest BCUT2D eigenvalue weighted by Crippen LogP contribution is 2.33. The maximum absolute atomic E-state index is 11.7. The highest BCUT2D eigenvalue weighted by Gasteiger charge is 2.25. The van der Waals surface area contributed by atoms with E-state index in [1.807, 2.05) is 32.9 Å². The molecule has 0 unspecified atom stereocenters. The van der Waals surface area contributed by atoms with E-state index in [0.717, 1.165) is 34.8 Å². The van der Waals surface area contributed by atoms with E-state index in [9.17, 15) is 15.2 Å². The summed E-state index contributed by atoms with van der Waals surface area (Å²) in [6, 6.07) is 12.8. The molecule has 0 fully saturated rings. The minimum Gasteiger partial charge on any atom is -0.478 e. The van der Waals surface area contributed by atoms with E-state index >= 15 is 0 Å². The van der Waals surface area contributed by atoms with Crippen molar-refractivity contribution in [2.45, 2.75) is 39.8 Å². The molecule has 176 valence electrons. The fourth-order valence-corrected chi connectivity index (χ4v) is 5.50. The van der Waals surface area contributed by atoms with Crippen molar-refractivity contribution in [1.29, 1.82) is 5.26 Å². The maximum Gasteiger partial charge on any atom is 0.337 e. The van der Waals surface area contributed by atoms with Crippen LogP contribution in [0, 0.1) is 25.2 Å². The number of nitrogens with zero attached hydrogens (tertiary/aromatic N) is 5. The van der Waals surface area contributed by atoms with Gasteiger partial charge in [0.25, 0.3) is 0 Å². The summed E-state index contributed by atoms with van der Waals surface area (Å²) in [5.41, 5.74) is 5.28. The lowest BCUT2D eigenvalue weighted by Gasteiger charge is -2.28. The molecular formula is C26H24N6O2S. The summed E-state index contributed by atoms with van der Waals surface area (Å²) in [5, 5.41) is 23.8. The van der Waals surface area contributed by atoms with Crippen LogP contribution < -0.4 is 10.2 Å². The normalized spacial score (nSPS) is 13.8. The van der Waals surface area contributed by atoms with E-state index in [-0.39, 0.29) is 11.6 Å². The number of hydrogen-bond donors (Lipinski definition) is 2. The number of fused-ring (bicyclic) bond motifs is 2. The monoisotopic (exact) mass is 484 g/mol. The minimum atomic E-state index is -0.989. The Morgan fingerprint density at radius 3 is 2.80 bits per heavy atom. The predicted octanol–water partition coefficient (Wildman–Crippen LogP) is 5.01. The van der Waals surface area contributed by atoms with Crippen LogP contribution in [0.4, 0.5) is 11.5 Å². The second kappa shape index (κ2) is 8.96. The number of aromatic carboxylic acids is 1. The fraction of sp³-hybridized carbons (Fsp3) is 0.269. The second-order valence-electron chi connectivity index (χ2n) is 8.72. The molecule has 0 saturated heterocycles. The molecule has 0 amide bonds. The number of nitriles is 1. The van der Waals surface area contributed by atoms with Crippen LogP contribution in [-0.2, 0) is 13.0 Å². The molecule has 0 aliphatic carbocycles. The first-order chi connectivity index (χ1) is 16.8. The fourth-order valence-electron chi connectivity index (χ4n) is 4.56. The van der Waals surface area contributed by atoms with Gasteiger partial charge in [-0.15, -0.1) is 11.3 Å². The Balaban J connectivity index is 1.58. The van der Waals surface area contributed by atoms with Gasteiger partial charge < -0.3 is 15.3 Å². The van der Waals surface area contributed by atoms with Crippen LogP contribution >= 0.6 is 11.3 Å². The number of anilines is 2. The summed E-state index contributed by atoms with van der Waals surface area (Å²) < 4.78 is 0. The number of carboxylic acids is 1. The third kappa shape index (κ3) is 4.29. The van der Waals surface area contributed by atoms with Gasteiger partial charge in [-0.05, 0) is 44.5 Å². The van der Waals surface area contributed by atoms with E-state index in [4.69, 9.17) is 4.98 Å². The molecule has 0 radical (unpaired) electrons. The van der Waals surface area contributed by atoms with E-state index in [2.05, 4.69) is 26.3 Å². The third-order valence-electron chi connectivity index (χ3n) is 6.16. The number of aromatic nitrogens is 3. The lowest BCUT2D eigenvalue weighted by atomic mass is 10.0. The molecule has 9 heteroatoms. The first-order valence-corrected chi connectivity index (χ1v) is 12.2. The Labute approximate surface area is 206 Å². The molecule has 0 saturated carbocycles. The van der Waals surface area contributed by atoms with E-state index < -0.39 is 5.97 Å². The van der Waals surface area contributed by atoms with Crippen molar-refractivity contribution in [1.82, 2.24) is 15.0 Å². The molecule has 4 aromatic rings. The number of aryl methyl sites for hydroxylation is 2. The molecule has 5 rings (SSSR count). The van der Waals surface area contributed by atoms with Gasteiger partial charge in [0, 0.05) is 29.1 Å². The number of hydrogen-bond acceptors (Lipinski definition) is 8. The Morgan fingerprint density at radius 2 is 2.03 bits per heavy atom. The lowest BCUT2D eigenvalue weighted by molar-refractivity contribution is 0.0698. The highest BCUT2D eigenvalue weighted by molar-refractivity contribution is 7.11. The highest BCUT2D eigenvalue weighted by atomic mass is 32.1. The number of thiazole rings is 1. The molecular weight excluding hydrogens is 460 g/mol. The largest absolute Gasteiger partial charge is 0.478 e. The molecule has 0 spiro atoms. The molecule has 2 N–H and O–H groups in total. The van der Waals surface area contributed by atoms with Crippen LogP contribution in [0.5, 0.6) is 0 Å². The number of benzene rings is 2. The number of carbonyl (C=O) groups is 1. The minimum absolute atomic E-state index is 0.206. The number of rotatable bonds is 5. The van der Waals surface area contributed by atoms with Gasteiger partial charge in [0.15, 0.2) is 11.5 Å². The van der Waals surface area contributed by atoms with Crippen molar-refractivity contribution < 1.29 is 9.90 Å². The second-order valence-corrected chi connectivity index (χ2v) is 10.0.